The van der Waals surface area contributed by atoms with Crippen molar-refractivity contribution in [1.82, 2.24) is 20.4 Å². The number of carbonyl (C=O) groups is 3. The third kappa shape index (κ3) is 7.61. The van der Waals surface area contributed by atoms with Gasteiger partial charge in [-0.05, 0) is 19.4 Å². The Labute approximate surface area is 180 Å². The largest absolute Gasteiger partial charge is 0.385 e. The van der Waals surface area contributed by atoms with Gasteiger partial charge in [0.1, 0.15) is 6.04 Å². The van der Waals surface area contributed by atoms with Crippen molar-refractivity contribution >= 4 is 23.4 Å². The normalized spacial score (nSPS) is 15.2. The van der Waals surface area contributed by atoms with E-state index in [2.05, 4.69) is 10.6 Å². The van der Waals surface area contributed by atoms with Gasteiger partial charge in [-0.25, -0.2) is 0 Å². The van der Waals surface area contributed by atoms with Crippen LogP contribution in [0.4, 0.5) is 5.69 Å². The maximum absolute atomic E-state index is 12.7. The van der Waals surface area contributed by atoms with Gasteiger partial charge in [0.2, 0.25) is 11.8 Å². The number of hydrogen-bond donors (Lipinski definition) is 2. The van der Waals surface area contributed by atoms with E-state index in [9.17, 15) is 24.5 Å². The SMILES string of the molecule is COCCCNC(=O)CN1CCN(C(=O)C(C)NC(=O)c2cccc([N+](=O)[O-])c2)CC1. The van der Waals surface area contributed by atoms with Crippen LogP contribution >= 0.6 is 0 Å². The van der Waals surface area contributed by atoms with Crippen molar-refractivity contribution in [3.63, 3.8) is 0 Å². The molecule has 0 saturated carbocycles. The lowest BCUT2D eigenvalue weighted by molar-refractivity contribution is -0.384. The third-order valence-electron chi connectivity index (χ3n) is 4.94. The van der Waals surface area contributed by atoms with Gasteiger partial charge in [0.15, 0.2) is 0 Å². The van der Waals surface area contributed by atoms with E-state index in [1.807, 2.05) is 4.90 Å². The molecule has 0 spiro atoms. The van der Waals surface area contributed by atoms with Crippen molar-refractivity contribution in [2.24, 2.45) is 0 Å². The number of hydrogen-bond acceptors (Lipinski definition) is 7. The first-order chi connectivity index (χ1) is 14.8. The molecule has 1 aliphatic rings. The summed E-state index contributed by atoms with van der Waals surface area (Å²) in [7, 11) is 1.61. The fourth-order valence-corrected chi connectivity index (χ4v) is 3.21. The van der Waals surface area contributed by atoms with Crippen LogP contribution in [0.15, 0.2) is 24.3 Å². The highest BCUT2D eigenvalue weighted by Gasteiger charge is 2.27. The van der Waals surface area contributed by atoms with Gasteiger partial charge in [0.25, 0.3) is 11.6 Å². The summed E-state index contributed by atoms with van der Waals surface area (Å²) in [5.74, 6) is -0.843. The van der Waals surface area contributed by atoms with E-state index in [1.165, 1.54) is 24.3 Å². The Morgan fingerprint density at radius 1 is 1.23 bits per heavy atom. The first-order valence-electron chi connectivity index (χ1n) is 10.1. The smallest absolute Gasteiger partial charge is 0.270 e. The molecule has 11 nitrogen and oxygen atoms in total. The van der Waals surface area contributed by atoms with Crippen LogP contribution in [-0.4, -0.2) is 91.5 Å². The fourth-order valence-electron chi connectivity index (χ4n) is 3.21. The van der Waals surface area contributed by atoms with Gasteiger partial charge in [0.05, 0.1) is 11.5 Å². The number of nitrogens with one attached hydrogen (secondary N) is 2. The molecule has 1 fully saturated rings. The molecular weight excluding hydrogens is 406 g/mol. The molecule has 1 saturated heterocycles. The van der Waals surface area contributed by atoms with Crippen molar-refractivity contribution < 1.29 is 24.0 Å². The first-order valence-corrected chi connectivity index (χ1v) is 10.1. The lowest BCUT2D eigenvalue weighted by Crippen LogP contribution is -2.55. The van der Waals surface area contributed by atoms with Crippen LogP contribution in [0.1, 0.15) is 23.7 Å². The number of rotatable bonds is 10. The second kappa shape index (κ2) is 12.0. The van der Waals surface area contributed by atoms with Crippen molar-refractivity contribution in [3.05, 3.63) is 39.9 Å². The quantitative estimate of drug-likeness (QED) is 0.300. The molecule has 1 aromatic carbocycles. The Morgan fingerprint density at radius 3 is 2.58 bits per heavy atom. The molecule has 31 heavy (non-hydrogen) atoms. The molecule has 1 heterocycles. The number of non-ortho nitro benzene ring substituents is 1. The van der Waals surface area contributed by atoms with E-state index in [-0.39, 0.29) is 29.6 Å². The van der Waals surface area contributed by atoms with Crippen molar-refractivity contribution in [3.8, 4) is 0 Å². The average molecular weight is 435 g/mol. The minimum Gasteiger partial charge on any atom is -0.385 e. The standard InChI is InChI=1S/C20H29N5O6/c1-15(22-19(27)16-5-3-6-17(13-16)25(29)30)20(28)24-10-8-23(9-11-24)14-18(26)21-7-4-12-31-2/h3,5-6,13,15H,4,7-12,14H2,1-2H3,(H,21,26)(H,22,27). The Bertz CT molecular complexity index is 794. The summed E-state index contributed by atoms with van der Waals surface area (Å²) in [6.07, 6.45) is 0.754. The number of carbonyl (C=O) groups excluding carboxylic acids is 3. The van der Waals surface area contributed by atoms with E-state index >= 15 is 0 Å². The van der Waals surface area contributed by atoms with Gasteiger partial charge in [-0.3, -0.25) is 29.4 Å². The van der Waals surface area contributed by atoms with Gasteiger partial charge in [-0.1, -0.05) is 6.07 Å². The zero-order valence-corrected chi connectivity index (χ0v) is 17.8. The predicted octanol–water partition coefficient (Wildman–Crippen LogP) is 0.0100. The topological polar surface area (TPSA) is 134 Å². The molecule has 0 radical (unpaired) electrons. The number of methoxy groups -OCH3 is 1. The zero-order valence-electron chi connectivity index (χ0n) is 17.8. The summed E-state index contributed by atoms with van der Waals surface area (Å²) < 4.78 is 4.94. The molecule has 1 unspecified atom stereocenters. The summed E-state index contributed by atoms with van der Waals surface area (Å²) in [6.45, 7) is 5.03. The van der Waals surface area contributed by atoms with Gasteiger partial charge in [0, 0.05) is 64.1 Å². The minimum absolute atomic E-state index is 0.0616. The highest BCUT2D eigenvalue weighted by molar-refractivity contribution is 5.97. The number of nitro groups is 1. The van der Waals surface area contributed by atoms with E-state index in [4.69, 9.17) is 4.74 Å². The molecule has 0 bridgehead atoms. The summed E-state index contributed by atoms with van der Waals surface area (Å²) in [6, 6.07) is 4.57. The lowest BCUT2D eigenvalue weighted by Gasteiger charge is -2.35. The Balaban J connectivity index is 1.77. The van der Waals surface area contributed by atoms with E-state index in [1.54, 1.807) is 18.9 Å². The van der Waals surface area contributed by atoms with Crippen LogP contribution < -0.4 is 10.6 Å². The predicted molar refractivity (Wildman–Crippen MR) is 113 cm³/mol. The number of nitrogens with zero attached hydrogens (tertiary/aromatic N) is 3. The van der Waals surface area contributed by atoms with E-state index in [0.29, 0.717) is 39.3 Å². The van der Waals surface area contributed by atoms with E-state index in [0.717, 1.165) is 6.42 Å². The highest BCUT2D eigenvalue weighted by Crippen LogP contribution is 2.13. The molecule has 11 heteroatoms. The van der Waals surface area contributed by atoms with Crippen LogP contribution in [0.3, 0.4) is 0 Å². The van der Waals surface area contributed by atoms with Gasteiger partial charge < -0.3 is 20.3 Å². The summed E-state index contributed by atoms with van der Waals surface area (Å²) >= 11 is 0. The molecule has 1 atom stereocenters. The molecule has 3 amide bonds. The molecule has 2 rings (SSSR count). The van der Waals surface area contributed by atoms with Crippen LogP contribution in [0, 0.1) is 10.1 Å². The molecule has 2 N–H and O–H groups in total. The van der Waals surface area contributed by atoms with Crippen LogP contribution in [0.25, 0.3) is 0 Å². The number of nitro benzene ring substituents is 1. The monoisotopic (exact) mass is 435 g/mol. The molecule has 1 aromatic rings. The van der Waals surface area contributed by atoms with Gasteiger partial charge in [-0.15, -0.1) is 0 Å². The van der Waals surface area contributed by atoms with Crippen molar-refractivity contribution in [1.29, 1.82) is 0 Å². The Kier molecular flexibility index (Phi) is 9.35. The molecular formula is C20H29N5O6. The second-order valence-electron chi connectivity index (χ2n) is 7.30. The fraction of sp³-hybridized carbons (Fsp3) is 0.550. The average Bonchev–Trinajstić information content (AvgIpc) is 2.76. The number of amides is 3. The maximum Gasteiger partial charge on any atom is 0.270 e. The Morgan fingerprint density at radius 2 is 1.94 bits per heavy atom. The maximum atomic E-state index is 12.7. The second-order valence-corrected chi connectivity index (χ2v) is 7.30. The van der Waals surface area contributed by atoms with Gasteiger partial charge in [-0.2, -0.15) is 0 Å². The van der Waals surface area contributed by atoms with Crippen LogP contribution in [0.2, 0.25) is 0 Å². The third-order valence-corrected chi connectivity index (χ3v) is 4.94. The number of benzene rings is 1. The molecule has 1 aliphatic heterocycles. The van der Waals surface area contributed by atoms with Crippen molar-refractivity contribution in [2.45, 2.75) is 19.4 Å². The summed E-state index contributed by atoms with van der Waals surface area (Å²) in [4.78, 5) is 50.9. The Hall–Kier alpha value is -3.05. The van der Waals surface area contributed by atoms with E-state index < -0.39 is 16.9 Å². The summed E-state index contributed by atoms with van der Waals surface area (Å²) in [5, 5.41) is 16.3. The molecule has 0 aliphatic carbocycles. The number of piperazine rings is 1. The summed E-state index contributed by atoms with van der Waals surface area (Å²) in [5.41, 5.74) is -0.0688. The van der Waals surface area contributed by atoms with Gasteiger partial charge >= 0.3 is 0 Å². The lowest BCUT2D eigenvalue weighted by atomic mass is 10.1. The number of ether oxygens (including phenoxy) is 1. The van der Waals surface area contributed by atoms with Crippen LogP contribution in [-0.2, 0) is 14.3 Å². The van der Waals surface area contributed by atoms with Crippen molar-refractivity contribution in [2.75, 3.05) is 53.0 Å². The molecule has 170 valence electrons. The highest BCUT2D eigenvalue weighted by atomic mass is 16.6. The minimum atomic E-state index is -0.776. The zero-order chi connectivity index (χ0) is 22.8. The molecule has 0 aromatic heterocycles. The van der Waals surface area contributed by atoms with Crippen LogP contribution in [0.5, 0.6) is 0 Å². The first kappa shape index (κ1) is 24.2.